The van der Waals surface area contributed by atoms with Crippen LogP contribution >= 0.6 is 0 Å². The monoisotopic (exact) mass is 282 g/mol. The summed E-state index contributed by atoms with van der Waals surface area (Å²) in [4.78, 5) is 4.38. The van der Waals surface area contributed by atoms with Gasteiger partial charge in [-0.05, 0) is 19.9 Å². The number of benzene rings is 1. The minimum atomic E-state index is -0.497. The van der Waals surface area contributed by atoms with Crippen LogP contribution in [-0.4, -0.2) is 19.7 Å². The largest absolute Gasteiger partial charge is 0.389 e. The summed E-state index contributed by atoms with van der Waals surface area (Å²) in [7, 11) is 0. The van der Waals surface area contributed by atoms with E-state index < -0.39 is 6.10 Å². The van der Waals surface area contributed by atoms with Crippen molar-refractivity contribution in [2.45, 2.75) is 26.5 Å². The molecule has 2 N–H and O–H groups in total. The first-order valence-electron chi connectivity index (χ1n) is 6.95. The van der Waals surface area contributed by atoms with E-state index in [-0.39, 0.29) is 0 Å². The lowest BCUT2D eigenvalue weighted by molar-refractivity contribution is 0.200. The molecule has 2 aromatic heterocycles. The van der Waals surface area contributed by atoms with Crippen molar-refractivity contribution >= 4 is 11.3 Å². The first-order chi connectivity index (χ1) is 10.1. The molecule has 0 saturated heterocycles. The smallest absolute Gasteiger partial charge is 0.155 e. The van der Waals surface area contributed by atoms with E-state index in [0.717, 1.165) is 28.2 Å². The summed E-state index contributed by atoms with van der Waals surface area (Å²) in [5.74, 6) is 0. The zero-order valence-corrected chi connectivity index (χ0v) is 12.1. The summed E-state index contributed by atoms with van der Waals surface area (Å²) in [6, 6.07) is 9.71. The van der Waals surface area contributed by atoms with Crippen molar-refractivity contribution in [1.29, 1.82) is 0 Å². The second kappa shape index (κ2) is 5.54. The fraction of sp³-hybridized carbons (Fsp3) is 0.250. The number of aliphatic hydroxyl groups is 1. The van der Waals surface area contributed by atoms with Crippen LogP contribution in [-0.2, 0) is 6.54 Å². The molecule has 0 saturated carbocycles. The Morgan fingerprint density at radius 2 is 2.14 bits per heavy atom. The Morgan fingerprint density at radius 3 is 2.95 bits per heavy atom. The number of para-hydroxylation sites is 1. The molecule has 0 aliphatic carbocycles. The van der Waals surface area contributed by atoms with E-state index in [1.807, 2.05) is 49.6 Å². The molecule has 0 spiro atoms. The van der Waals surface area contributed by atoms with Gasteiger partial charge in [-0.1, -0.05) is 18.2 Å². The highest BCUT2D eigenvalue weighted by Gasteiger charge is 2.07. The Hall–Kier alpha value is -2.40. The molecule has 1 aromatic carbocycles. The molecule has 5 heteroatoms. The molecule has 0 radical (unpaired) electrons. The number of hydrogen-bond acceptors (Lipinski definition) is 4. The SMILES string of the molecule is Cc1cc2ncc(CNc3ccccc3C(C)O)cn2n1. The van der Waals surface area contributed by atoms with Gasteiger partial charge in [-0.25, -0.2) is 9.50 Å². The summed E-state index contributed by atoms with van der Waals surface area (Å²) in [5.41, 5.74) is 4.66. The third-order valence-corrected chi connectivity index (χ3v) is 3.38. The topological polar surface area (TPSA) is 62.5 Å². The molecule has 21 heavy (non-hydrogen) atoms. The fourth-order valence-corrected chi connectivity index (χ4v) is 2.34. The summed E-state index contributed by atoms with van der Waals surface area (Å²) in [6.45, 7) is 4.34. The molecule has 0 amide bonds. The number of fused-ring (bicyclic) bond motifs is 1. The Balaban J connectivity index is 1.80. The Morgan fingerprint density at radius 1 is 1.33 bits per heavy atom. The third-order valence-electron chi connectivity index (χ3n) is 3.38. The van der Waals surface area contributed by atoms with Crippen molar-refractivity contribution in [2.75, 3.05) is 5.32 Å². The average molecular weight is 282 g/mol. The lowest BCUT2D eigenvalue weighted by Crippen LogP contribution is -2.05. The molecule has 5 nitrogen and oxygen atoms in total. The molecule has 0 aliphatic rings. The highest BCUT2D eigenvalue weighted by Crippen LogP contribution is 2.22. The standard InChI is InChI=1S/C16H18N4O/c1-11-7-16-18-9-13(10-20(16)19-11)8-17-15-6-4-3-5-14(15)12(2)21/h3-7,9-10,12,17,21H,8H2,1-2H3. The maximum Gasteiger partial charge on any atom is 0.155 e. The molecule has 0 fully saturated rings. The molecule has 1 unspecified atom stereocenters. The van der Waals surface area contributed by atoms with Gasteiger partial charge >= 0.3 is 0 Å². The zero-order chi connectivity index (χ0) is 14.8. The van der Waals surface area contributed by atoms with Crippen molar-refractivity contribution in [1.82, 2.24) is 14.6 Å². The summed E-state index contributed by atoms with van der Waals surface area (Å²) in [5, 5.41) is 17.5. The quantitative estimate of drug-likeness (QED) is 0.772. The van der Waals surface area contributed by atoms with Crippen LogP contribution in [0.5, 0.6) is 0 Å². The van der Waals surface area contributed by atoms with Crippen LogP contribution in [0.15, 0.2) is 42.7 Å². The van der Waals surface area contributed by atoms with Crippen LogP contribution < -0.4 is 5.32 Å². The zero-order valence-electron chi connectivity index (χ0n) is 12.1. The van der Waals surface area contributed by atoms with Gasteiger partial charge in [0.1, 0.15) is 0 Å². The third kappa shape index (κ3) is 2.87. The molecule has 3 rings (SSSR count). The second-order valence-corrected chi connectivity index (χ2v) is 5.17. The van der Waals surface area contributed by atoms with Gasteiger partial charge in [-0.15, -0.1) is 0 Å². The van der Waals surface area contributed by atoms with Crippen LogP contribution in [0.1, 0.15) is 29.8 Å². The number of nitrogens with one attached hydrogen (secondary N) is 1. The highest BCUT2D eigenvalue weighted by molar-refractivity contribution is 5.52. The van der Waals surface area contributed by atoms with Gasteiger partial charge in [-0.3, -0.25) is 0 Å². The molecule has 3 aromatic rings. The highest BCUT2D eigenvalue weighted by atomic mass is 16.3. The number of hydrogen-bond donors (Lipinski definition) is 2. The number of nitrogens with zero attached hydrogens (tertiary/aromatic N) is 3. The predicted molar refractivity (Wildman–Crippen MR) is 82.1 cm³/mol. The van der Waals surface area contributed by atoms with E-state index >= 15 is 0 Å². The lowest BCUT2D eigenvalue weighted by Gasteiger charge is -2.13. The molecule has 1 atom stereocenters. The van der Waals surface area contributed by atoms with E-state index in [2.05, 4.69) is 15.4 Å². The second-order valence-electron chi connectivity index (χ2n) is 5.17. The van der Waals surface area contributed by atoms with Crippen molar-refractivity contribution in [3.63, 3.8) is 0 Å². The van der Waals surface area contributed by atoms with E-state index in [9.17, 15) is 5.11 Å². The van der Waals surface area contributed by atoms with Gasteiger partial charge in [0, 0.05) is 41.8 Å². The van der Waals surface area contributed by atoms with Gasteiger partial charge in [0.05, 0.1) is 11.8 Å². The van der Waals surface area contributed by atoms with Crippen LogP contribution in [0.3, 0.4) is 0 Å². The van der Waals surface area contributed by atoms with Crippen molar-refractivity contribution < 1.29 is 5.11 Å². The average Bonchev–Trinajstić information content (AvgIpc) is 2.84. The molecular formula is C16H18N4O. The summed E-state index contributed by atoms with van der Waals surface area (Å²) < 4.78 is 1.78. The fourth-order valence-electron chi connectivity index (χ4n) is 2.34. The maximum absolute atomic E-state index is 9.78. The van der Waals surface area contributed by atoms with E-state index in [0.29, 0.717) is 6.54 Å². The number of aliphatic hydroxyl groups excluding tert-OH is 1. The van der Waals surface area contributed by atoms with Gasteiger partial charge in [0.25, 0.3) is 0 Å². The minimum Gasteiger partial charge on any atom is -0.389 e. The molecule has 2 heterocycles. The number of rotatable bonds is 4. The Kier molecular flexibility index (Phi) is 3.58. The molecule has 0 aliphatic heterocycles. The first-order valence-corrected chi connectivity index (χ1v) is 6.95. The van der Waals surface area contributed by atoms with Crippen LogP contribution in [0.4, 0.5) is 5.69 Å². The lowest BCUT2D eigenvalue weighted by atomic mass is 10.1. The number of anilines is 1. The van der Waals surface area contributed by atoms with E-state index in [1.54, 1.807) is 11.4 Å². The number of aromatic nitrogens is 3. The summed E-state index contributed by atoms with van der Waals surface area (Å²) >= 11 is 0. The minimum absolute atomic E-state index is 0.497. The number of aryl methyl sites for hydroxylation is 1. The van der Waals surface area contributed by atoms with Gasteiger partial charge in [0.2, 0.25) is 0 Å². The van der Waals surface area contributed by atoms with Crippen LogP contribution in [0.25, 0.3) is 5.65 Å². The summed E-state index contributed by atoms with van der Waals surface area (Å²) in [6.07, 6.45) is 3.31. The normalized spacial score (nSPS) is 12.5. The predicted octanol–water partition coefficient (Wildman–Crippen LogP) is 2.70. The Labute approximate surface area is 123 Å². The van der Waals surface area contributed by atoms with Crippen molar-refractivity contribution in [2.24, 2.45) is 0 Å². The van der Waals surface area contributed by atoms with Gasteiger partial charge in [-0.2, -0.15) is 5.10 Å². The van der Waals surface area contributed by atoms with Crippen molar-refractivity contribution in [3.8, 4) is 0 Å². The molecule has 0 bridgehead atoms. The Bertz CT molecular complexity index is 764. The van der Waals surface area contributed by atoms with E-state index in [4.69, 9.17) is 0 Å². The molecular weight excluding hydrogens is 264 g/mol. The van der Waals surface area contributed by atoms with Crippen molar-refractivity contribution in [3.05, 3.63) is 59.5 Å². The first kappa shape index (κ1) is 13.6. The molecule has 108 valence electrons. The maximum atomic E-state index is 9.78. The van der Waals surface area contributed by atoms with Gasteiger partial charge < -0.3 is 10.4 Å². The van der Waals surface area contributed by atoms with E-state index in [1.165, 1.54) is 0 Å². The van der Waals surface area contributed by atoms with Gasteiger partial charge in [0.15, 0.2) is 5.65 Å². The van der Waals surface area contributed by atoms with Crippen LogP contribution in [0, 0.1) is 6.92 Å². The van der Waals surface area contributed by atoms with Crippen LogP contribution in [0.2, 0.25) is 0 Å².